The van der Waals surface area contributed by atoms with Gasteiger partial charge < -0.3 is 25.6 Å². The van der Waals surface area contributed by atoms with E-state index < -0.39 is 0 Å². The monoisotopic (exact) mass is 419 g/mol. The van der Waals surface area contributed by atoms with Crippen LogP contribution in [-0.4, -0.2) is 46.5 Å². The predicted molar refractivity (Wildman–Crippen MR) is 120 cm³/mol. The highest BCUT2D eigenvalue weighted by atomic mass is 16.5. The van der Waals surface area contributed by atoms with Crippen LogP contribution in [0, 0.1) is 0 Å². The van der Waals surface area contributed by atoms with Gasteiger partial charge in [-0.25, -0.2) is 9.97 Å². The number of hydrogen-bond acceptors (Lipinski definition) is 8. The number of rotatable bonds is 9. The minimum atomic E-state index is 0.296. The van der Waals surface area contributed by atoms with Crippen molar-refractivity contribution < 1.29 is 9.53 Å². The summed E-state index contributed by atoms with van der Waals surface area (Å²) in [5, 5.41) is 3.12. The summed E-state index contributed by atoms with van der Waals surface area (Å²) in [7, 11) is 3.51. The molecule has 1 saturated carbocycles. The fraction of sp³-hybridized carbons (Fsp3) is 0.273. The maximum absolute atomic E-state index is 11.6. The van der Waals surface area contributed by atoms with Gasteiger partial charge in [0.05, 0.1) is 19.9 Å². The van der Waals surface area contributed by atoms with Crippen LogP contribution in [0.3, 0.4) is 0 Å². The number of pyridine rings is 1. The molecule has 1 fully saturated rings. The van der Waals surface area contributed by atoms with Crippen LogP contribution in [0.1, 0.15) is 18.4 Å². The van der Waals surface area contributed by atoms with Gasteiger partial charge in [-0.05, 0) is 43.2 Å². The molecule has 2 aromatic heterocycles. The molecule has 3 aromatic rings. The van der Waals surface area contributed by atoms with Gasteiger partial charge >= 0.3 is 0 Å². The lowest BCUT2D eigenvalue weighted by molar-refractivity contribution is -0.119. The van der Waals surface area contributed by atoms with E-state index in [-0.39, 0.29) is 0 Å². The van der Waals surface area contributed by atoms with Crippen molar-refractivity contribution in [1.29, 1.82) is 0 Å². The number of nitrogens with one attached hydrogen (secondary N) is 1. The summed E-state index contributed by atoms with van der Waals surface area (Å²) >= 11 is 0. The van der Waals surface area contributed by atoms with Crippen molar-refractivity contribution in [3.8, 4) is 5.75 Å². The Hall–Kier alpha value is -3.88. The fourth-order valence-electron chi connectivity index (χ4n) is 3.26. The molecule has 31 heavy (non-hydrogen) atoms. The Balaban J connectivity index is 1.66. The lowest BCUT2D eigenvalue weighted by atomic mass is 10.2. The summed E-state index contributed by atoms with van der Waals surface area (Å²) in [5.41, 5.74) is 8.37. The SMILES string of the molecule is COc1ccc(Nc2ncc(CN(C=O)C3CC3)c(N(C)c3cccc(N)c3)n2)nc1. The largest absolute Gasteiger partial charge is 0.495 e. The molecular weight excluding hydrogens is 394 g/mol. The second-order valence-electron chi connectivity index (χ2n) is 7.41. The highest BCUT2D eigenvalue weighted by Crippen LogP contribution is 2.31. The van der Waals surface area contributed by atoms with E-state index in [2.05, 4.69) is 15.3 Å². The molecule has 9 heteroatoms. The van der Waals surface area contributed by atoms with Gasteiger partial charge in [0.25, 0.3) is 0 Å². The van der Waals surface area contributed by atoms with Crippen molar-refractivity contribution in [1.82, 2.24) is 19.9 Å². The molecule has 1 aliphatic carbocycles. The molecule has 4 rings (SSSR count). The van der Waals surface area contributed by atoms with Gasteiger partial charge in [-0.1, -0.05) is 6.07 Å². The molecule has 1 aliphatic rings. The van der Waals surface area contributed by atoms with Crippen molar-refractivity contribution >= 4 is 35.4 Å². The topological polar surface area (TPSA) is 110 Å². The molecule has 0 spiro atoms. The fourth-order valence-corrected chi connectivity index (χ4v) is 3.26. The quantitative estimate of drug-likeness (QED) is 0.402. The van der Waals surface area contributed by atoms with E-state index in [1.54, 1.807) is 36.5 Å². The van der Waals surface area contributed by atoms with E-state index >= 15 is 0 Å². The molecule has 3 N–H and O–H groups in total. The number of benzene rings is 1. The molecule has 0 unspecified atom stereocenters. The molecule has 2 heterocycles. The van der Waals surface area contributed by atoms with Crippen LogP contribution in [0.25, 0.3) is 0 Å². The Kier molecular flexibility index (Phi) is 5.83. The van der Waals surface area contributed by atoms with Crippen LogP contribution >= 0.6 is 0 Å². The summed E-state index contributed by atoms with van der Waals surface area (Å²) in [6.45, 7) is 0.442. The van der Waals surface area contributed by atoms with Crippen molar-refractivity contribution in [2.45, 2.75) is 25.4 Å². The van der Waals surface area contributed by atoms with E-state index in [0.29, 0.717) is 41.6 Å². The van der Waals surface area contributed by atoms with Crippen molar-refractivity contribution in [3.05, 3.63) is 54.4 Å². The van der Waals surface area contributed by atoms with Gasteiger partial charge in [-0.3, -0.25) is 4.79 Å². The van der Waals surface area contributed by atoms with Crippen molar-refractivity contribution in [2.75, 3.05) is 30.1 Å². The number of amides is 1. The van der Waals surface area contributed by atoms with Crippen LogP contribution in [0.2, 0.25) is 0 Å². The Labute approximate surface area is 180 Å². The molecule has 0 radical (unpaired) electrons. The van der Waals surface area contributed by atoms with Crippen molar-refractivity contribution in [3.63, 3.8) is 0 Å². The summed E-state index contributed by atoms with van der Waals surface area (Å²) in [6, 6.07) is 11.5. The van der Waals surface area contributed by atoms with Gasteiger partial charge in [0, 0.05) is 36.2 Å². The number of carbonyl (C=O) groups is 1. The zero-order valence-corrected chi connectivity index (χ0v) is 17.5. The standard InChI is InChI=1S/C22H25N7O2/c1-28(18-5-3-4-16(23)10-18)21-15(13-29(14-30)17-6-7-17)11-25-22(27-21)26-20-9-8-19(31-2)12-24-20/h3-5,8-12,14,17H,6-7,13,23H2,1-2H3,(H,24,25,26,27). The third kappa shape index (κ3) is 4.82. The lowest BCUT2D eigenvalue weighted by Crippen LogP contribution is -2.25. The number of methoxy groups -OCH3 is 1. The molecular formula is C22H25N7O2. The van der Waals surface area contributed by atoms with Gasteiger partial charge in [-0.15, -0.1) is 0 Å². The van der Waals surface area contributed by atoms with Crippen LogP contribution < -0.4 is 20.7 Å². The highest BCUT2D eigenvalue weighted by molar-refractivity contribution is 5.67. The van der Waals surface area contributed by atoms with Gasteiger partial charge in [0.1, 0.15) is 17.4 Å². The molecule has 0 saturated heterocycles. The number of nitrogens with two attached hydrogens (primary N) is 1. The maximum atomic E-state index is 11.6. The van der Waals surface area contributed by atoms with Gasteiger partial charge in [0.2, 0.25) is 12.4 Å². The minimum absolute atomic E-state index is 0.296. The predicted octanol–water partition coefficient (Wildman–Crippen LogP) is 3.09. The second-order valence-corrected chi connectivity index (χ2v) is 7.41. The molecule has 1 amide bonds. The van der Waals surface area contributed by atoms with Crippen LogP contribution in [-0.2, 0) is 11.3 Å². The summed E-state index contributed by atoms with van der Waals surface area (Å²) in [5.74, 6) is 2.34. The number of carbonyl (C=O) groups excluding carboxylic acids is 1. The number of aromatic nitrogens is 3. The average Bonchev–Trinajstić information content (AvgIpc) is 3.63. The average molecular weight is 419 g/mol. The molecule has 0 bridgehead atoms. The first-order valence-corrected chi connectivity index (χ1v) is 10.0. The lowest BCUT2D eigenvalue weighted by Gasteiger charge is -2.24. The zero-order chi connectivity index (χ0) is 21.8. The summed E-state index contributed by atoms with van der Waals surface area (Å²) in [4.78, 5) is 28.8. The number of nitrogens with zero attached hydrogens (tertiary/aromatic N) is 5. The van der Waals surface area contributed by atoms with E-state index in [4.69, 9.17) is 15.5 Å². The molecule has 0 aliphatic heterocycles. The third-order valence-electron chi connectivity index (χ3n) is 5.13. The first kappa shape index (κ1) is 20.4. The molecule has 1 aromatic carbocycles. The summed E-state index contributed by atoms with van der Waals surface area (Å²) < 4.78 is 5.14. The van der Waals surface area contributed by atoms with Crippen LogP contribution in [0.15, 0.2) is 48.8 Å². The Morgan fingerprint density at radius 3 is 2.71 bits per heavy atom. The number of ether oxygens (including phenoxy) is 1. The molecule has 9 nitrogen and oxygen atoms in total. The summed E-state index contributed by atoms with van der Waals surface area (Å²) in [6.07, 6.45) is 6.32. The smallest absolute Gasteiger partial charge is 0.230 e. The number of anilines is 5. The number of hydrogen-bond donors (Lipinski definition) is 2. The maximum Gasteiger partial charge on any atom is 0.230 e. The first-order valence-electron chi connectivity index (χ1n) is 10.0. The third-order valence-corrected chi connectivity index (χ3v) is 5.13. The molecule has 0 atom stereocenters. The Morgan fingerprint density at radius 1 is 1.23 bits per heavy atom. The Bertz CT molecular complexity index is 1050. The zero-order valence-electron chi connectivity index (χ0n) is 17.5. The van der Waals surface area contributed by atoms with Crippen molar-refractivity contribution in [2.24, 2.45) is 0 Å². The van der Waals surface area contributed by atoms with Gasteiger partial charge in [0.15, 0.2) is 0 Å². The van der Waals surface area contributed by atoms with Crippen LogP contribution in [0.5, 0.6) is 5.75 Å². The van der Waals surface area contributed by atoms with E-state index in [9.17, 15) is 4.79 Å². The second kappa shape index (κ2) is 8.86. The molecule has 160 valence electrons. The first-order chi connectivity index (χ1) is 15.1. The Morgan fingerprint density at radius 2 is 2.06 bits per heavy atom. The minimum Gasteiger partial charge on any atom is -0.495 e. The normalized spacial score (nSPS) is 12.8. The highest BCUT2D eigenvalue weighted by Gasteiger charge is 2.29. The van der Waals surface area contributed by atoms with E-state index in [1.807, 2.05) is 36.2 Å². The van der Waals surface area contributed by atoms with Crippen LogP contribution in [0.4, 0.5) is 29.0 Å². The van der Waals surface area contributed by atoms with Gasteiger partial charge in [-0.2, -0.15) is 4.98 Å². The van der Waals surface area contributed by atoms with E-state index in [1.165, 1.54) is 0 Å². The number of nitrogen functional groups attached to an aromatic ring is 1. The van der Waals surface area contributed by atoms with E-state index in [0.717, 1.165) is 30.5 Å².